The number of hydrogen-bond acceptors (Lipinski definition) is 6. The molecule has 1 aromatic carbocycles. The number of ketones is 1. The van der Waals surface area contributed by atoms with E-state index in [1.54, 1.807) is 30.5 Å². The molecule has 31 heavy (non-hydrogen) atoms. The molecule has 0 aliphatic heterocycles. The first kappa shape index (κ1) is 22.7. The Bertz CT molecular complexity index is 1020. The number of carbonyl (C=O) groups excluding carboxylic acids is 2. The molecule has 0 radical (unpaired) electrons. The van der Waals surface area contributed by atoms with Crippen LogP contribution in [0.5, 0.6) is 5.75 Å². The normalized spacial score (nSPS) is 10.8. The second-order valence-electron chi connectivity index (χ2n) is 7.35. The number of rotatable bonds is 11. The van der Waals surface area contributed by atoms with Crippen molar-refractivity contribution in [1.29, 1.82) is 0 Å². The zero-order valence-electron chi connectivity index (χ0n) is 18.2. The van der Waals surface area contributed by atoms with Gasteiger partial charge in [0.05, 0.1) is 17.2 Å². The monoisotopic (exact) mass is 440 g/mol. The van der Waals surface area contributed by atoms with Crippen molar-refractivity contribution in [1.82, 2.24) is 14.5 Å². The molecule has 0 fully saturated rings. The zero-order chi connectivity index (χ0) is 22.2. The van der Waals surface area contributed by atoms with Gasteiger partial charge < -0.3 is 14.6 Å². The molecule has 0 saturated carbocycles. The molecule has 0 unspecified atom stereocenters. The van der Waals surface area contributed by atoms with Crippen LogP contribution in [0.4, 0.5) is 5.13 Å². The first-order chi connectivity index (χ1) is 15.0. The lowest BCUT2D eigenvalue weighted by molar-refractivity contribution is -0.116. The van der Waals surface area contributed by atoms with E-state index in [9.17, 15) is 9.59 Å². The molecule has 2 aromatic heterocycles. The van der Waals surface area contributed by atoms with Crippen LogP contribution >= 0.6 is 11.3 Å². The second-order valence-corrected chi connectivity index (χ2v) is 8.35. The predicted molar refractivity (Wildman–Crippen MR) is 123 cm³/mol. The molecule has 1 amide bonds. The minimum atomic E-state index is -0.232. The minimum Gasteiger partial charge on any atom is -0.494 e. The summed E-state index contributed by atoms with van der Waals surface area (Å²) in [5.41, 5.74) is 1.39. The van der Waals surface area contributed by atoms with Crippen LogP contribution < -0.4 is 10.1 Å². The van der Waals surface area contributed by atoms with Crippen molar-refractivity contribution in [3.8, 4) is 16.5 Å². The summed E-state index contributed by atoms with van der Waals surface area (Å²) in [6.07, 6.45) is 7.14. The molecule has 7 nitrogen and oxygen atoms in total. The summed E-state index contributed by atoms with van der Waals surface area (Å²) in [7, 11) is 1.91. The number of aromatic nitrogens is 3. The maximum atomic E-state index is 12.4. The summed E-state index contributed by atoms with van der Waals surface area (Å²) >= 11 is 1.38. The third-order valence-corrected chi connectivity index (χ3v) is 5.91. The highest BCUT2D eigenvalue weighted by Crippen LogP contribution is 2.31. The predicted octanol–water partition coefficient (Wildman–Crippen LogP) is 5.02. The lowest BCUT2D eigenvalue weighted by atomic mass is 10.1. The zero-order valence-corrected chi connectivity index (χ0v) is 19.0. The van der Waals surface area contributed by atoms with E-state index in [4.69, 9.17) is 4.74 Å². The summed E-state index contributed by atoms with van der Waals surface area (Å²) in [5.74, 6) is 1.26. The van der Waals surface area contributed by atoms with Gasteiger partial charge in [0.25, 0.3) is 0 Å². The molecule has 3 rings (SSSR count). The molecule has 0 aliphatic carbocycles. The van der Waals surface area contributed by atoms with Crippen LogP contribution in [0.25, 0.3) is 10.7 Å². The number of imidazole rings is 1. The number of aryl methyl sites for hydroxylation is 2. The average Bonchev–Trinajstić information content (AvgIpc) is 3.34. The van der Waals surface area contributed by atoms with Crippen LogP contribution in [0.1, 0.15) is 55.1 Å². The smallest absolute Gasteiger partial charge is 0.226 e. The van der Waals surface area contributed by atoms with Crippen LogP contribution in [-0.2, 0) is 11.8 Å². The number of anilines is 1. The van der Waals surface area contributed by atoms with E-state index in [1.807, 2.05) is 24.7 Å². The van der Waals surface area contributed by atoms with Crippen molar-refractivity contribution in [3.05, 3.63) is 47.9 Å². The number of amides is 1. The minimum absolute atomic E-state index is 0.0725. The Morgan fingerprint density at radius 2 is 1.94 bits per heavy atom. The van der Waals surface area contributed by atoms with Crippen LogP contribution in [-0.4, -0.2) is 32.8 Å². The van der Waals surface area contributed by atoms with Crippen LogP contribution in [0, 0.1) is 6.92 Å². The molecule has 3 aromatic rings. The first-order valence-electron chi connectivity index (χ1n) is 10.5. The van der Waals surface area contributed by atoms with Gasteiger partial charge in [-0.3, -0.25) is 9.59 Å². The highest BCUT2D eigenvalue weighted by molar-refractivity contribution is 7.19. The van der Waals surface area contributed by atoms with Crippen molar-refractivity contribution in [3.63, 3.8) is 0 Å². The van der Waals surface area contributed by atoms with E-state index >= 15 is 0 Å². The SMILES string of the molecule is CCCCCOc1ccc(C(=O)CCC(=O)Nc2nc(C)c(-c3nccn3C)s2)cc1. The highest BCUT2D eigenvalue weighted by atomic mass is 32.1. The number of thiazole rings is 1. The Hall–Kier alpha value is -3.00. The first-order valence-corrected chi connectivity index (χ1v) is 11.3. The Balaban J connectivity index is 1.48. The summed E-state index contributed by atoms with van der Waals surface area (Å²) in [6, 6.07) is 7.10. The van der Waals surface area contributed by atoms with E-state index in [0.717, 1.165) is 41.4 Å². The van der Waals surface area contributed by atoms with Gasteiger partial charge in [-0.1, -0.05) is 31.1 Å². The maximum absolute atomic E-state index is 12.4. The van der Waals surface area contributed by atoms with Crippen molar-refractivity contribution < 1.29 is 14.3 Å². The molecular weight excluding hydrogens is 412 g/mol. The Morgan fingerprint density at radius 1 is 1.16 bits per heavy atom. The van der Waals surface area contributed by atoms with Crippen molar-refractivity contribution >= 4 is 28.2 Å². The van der Waals surface area contributed by atoms with Crippen molar-refractivity contribution in [2.75, 3.05) is 11.9 Å². The molecule has 2 heterocycles. The van der Waals surface area contributed by atoms with Gasteiger partial charge in [-0.15, -0.1) is 0 Å². The van der Waals surface area contributed by atoms with Crippen molar-refractivity contribution in [2.45, 2.75) is 46.0 Å². The molecular formula is C23H28N4O3S. The Labute approximate surface area is 186 Å². The number of unbranched alkanes of at least 4 members (excludes halogenated alkanes) is 2. The van der Waals surface area contributed by atoms with Gasteiger partial charge in [0.2, 0.25) is 5.91 Å². The summed E-state index contributed by atoms with van der Waals surface area (Å²) < 4.78 is 7.57. The fraction of sp³-hybridized carbons (Fsp3) is 0.391. The molecule has 164 valence electrons. The number of hydrogen-bond donors (Lipinski definition) is 1. The standard InChI is InChI=1S/C23H28N4O3S/c1-4-5-6-15-30-18-9-7-17(8-10-18)19(28)11-12-20(29)26-23-25-16(2)21(31-23)22-24-13-14-27(22)3/h7-10,13-14H,4-6,11-12,15H2,1-3H3,(H,25,26,29). The lowest BCUT2D eigenvalue weighted by Crippen LogP contribution is -2.13. The van der Waals surface area contributed by atoms with E-state index < -0.39 is 0 Å². The average molecular weight is 441 g/mol. The summed E-state index contributed by atoms with van der Waals surface area (Å²) in [5, 5.41) is 3.30. The Kier molecular flexibility index (Phi) is 7.94. The number of nitrogens with one attached hydrogen (secondary N) is 1. The van der Waals surface area contributed by atoms with Gasteiger partial charge in [0.1, 0.15) is 5.75 Å². The van der Waals surface area contributed by atoms with E-state index in [2.05, 4.69) is 22.2 Å². The Morgan fingerprint density at radius 3 is 2.61 bits per heavy atom. The molecule has 0 atom stereocenters. The van der Waals surface area contributed by atoms with Gasteiger partial charge in [-0.25, -0.2) is 9.97 Å². The van der Waals surface area contributed by atoms with E-state index in [1.165, 1.54) is 11.3 Å². The number of benzene rings is 1. The van der Waals surface area contributed by atoms with Crippen LogP contribution in [0.2, 0.25) is 0 Å². The maximum Gasteiger partial charge on any atom is 0.226 e. The molecule has 0 aliphatic rings. The molecule has 0 saturated heterocycles. The van der Waals surface area contributed by atoms with E-state index in [-0.39, 0.29) is 24.5 Å². The molecule has 1 N–H and O–H groups in total. The summed E-state index contributed by atoms with van der Waals surface area (Å²) in [6.45, 7) is 4.72. The second kappa shape index (κ2) is 10.9. The third kappa shape index (κ3) is 6.24. The number of Topliss-reactive ketones (excluding diaryl/α,β-unsaturated/α-hetero) is 1. The highest BCUT2D eigenvalue weighted by Gasteiger charge is 2.16. The molecule has 0 bridgehead atoms. The third-order valence-electron chi connectivity index (χ3n) is 4.84. The van der Waals surface area contributed by atoms with Gasteiger partial charge >= 0.3 is 0 Å². The van der Waals surface area contributed by atoms with Crippen molar-refractivity contribution in [2.24, 2.45) is 7.05 Å². The van der Waals surface area contributed by atoms with Crippen LogP contribution in [0.15, 0.2) is 36.7 Å². The molecule has 8 heteroatoms. The van der Waals surface area contributed by atoms with Gasteiger partial charge in [-0.05, 0) is 37.6 Å². The van der Waals surface area contributed by atoms with Crippen LogP contribution in [0.3, 0.4) is 0 Å². The summed E-state index contributed by atoms with van der Waals surface area (Å²) in [4.78, 5) is 34.4. The quantitative estimate of drug-likeness (QED) is 0.334. The number of nitrogens with zero attached hydrogens (tertiary/aromatic N) is 3. The van der Waals surface area contributed by atoms with Gasteiger partial charge in [0, 0.05) is 37.8 Å². The van der Waals surface area contributed by atoms with Gasteiger partial charge in [0.15, 0.2) is 16.7 Å². The number of carbonyl (C=O) groups is 2. The number of ether oxygens (including phenoxy) is 1. The molecule has 0 spiro atoms. The topological polar surface area (TPSA) is 86.1 Å². The fourth-order valence-corrected chi connectivity index (χ4v) is 4.10. The largest absolute Gasteiger partial charge is 0.494 e. The fourth-order valence-electron chi connectivity index (χ4n) is 3.07. The van der Waals surface area contributed by atoms with E-state index in [0.29, 0.717) is 17.3 Å². The lowest BCUT2D eigenvalue weighted by Gasteiger charge is -2.07. The van der Waals surface area contributed by atoms with Gasteiger partial charge in [-0.2, -0.15) is 0 Å².